The standard InChI is InChI=1S/C10H15ClN2OS/c11-9-6-13-10(15-9)7-12-5-8-1-3-14-4-2-8/h6,8,12H,1-5,7H2. The highest BCUT2D eigenvalue weighted by Gasteiger charge is 2.13. The predicted octanol–water partition coefficient (Wildman–Crippen LogP) is 2.31. The number of rotatable bonds is 4. The molecule has 3 nitrogen and oxygen atoms in total. The summed E-state index contributed by atoms with van der Waals surface area (Å²) in [5, 5.41) is 4.48. The molecule has 0 radical (unpaired) electrons. The summed E-state index contributed by atoms with van der Waals surface area (Å²) in [6, 6.07) is 0. The van der Waals surface area contributed by atoms with Crippen molar-refractivity contribution in [1.29, 1.82) is 0 Å². The van der Waals surface area contributed by atoms with E-state index in [0.717, 1.165) is 41.6 Å². The molecule has 5 heteroatoms. The van der Waals surface area contributed by atoms with Crippen molar-refractivity contribution in [2.24, 2.45) is 5.92 Å². The molecule has 1 fully saturated rings. The first-order valence-electron chi connectivity index (χ1n) is 5.23. The quantitative estimate of drug-likeness (QED) is 0.886. The van der Waals surface area contributed by atoms with Crippen molar-refractivity contribution in [2.45, 2.75) is 19.4 Å². The fourth-order valence-electron chi connectivity index (χ4n) is 1.70. The molecule has 1 aliphatic rings. The largest absolute Gasteiger partial charge is 0.381 e. The minimum atomic E-state index is 0.759. The lowest BCUT2D eigenvalue weighted by Gasteiger charge is -2.21. The molecule has 2 heterocycles. The van der Waals surface area contributed by atoms with Crippen LogP contribution >= 0.6 is 22.9 Å². The zero-order chi connectivity index (χ0) is 10.5. The Labute approximate surface area is 98.8 Å². The maximum atomic E-state index is 5.80. The van der Waals surface area contributed by atoms with E-state index in [4.69, 9.17) is 16.3 Å². The van der Waals surface area contributed by atoms with E-state index in [1.54, 1.807) is 17.5 Å². The van der Waals surface area contributed by atoms with Crippen LogP contribution in [-0.2, 0) is 11.3 Å². The van der Waals surface area contributed by atoms with Gasteiger partial charge in [0.2, 0.25) is 0 Å². The molecule has 0 spiro atoms. The smallest absolute Gasteiger partial charge is 0.113 e. The van der Waals surface area contributed by atoms with E-state index >= 15 is 0 Å². The zero-order valence-corrected chi connectivity index (χ0v) is 10.1. The zero-order valence-electron chi connectivity index (χ0n) is 8.54. The van der Waals surface area contributed by atoms with Crippen molar-refractivity contribution >= 4 is 22.9 Å². The van der Waals surface area contributed by atoms with Gasteiger partial charge in [-0.05, 0) is 25.3 Å². The molecule has 0 saturated carbocycles. The molecular formula is C10H15ClN2OS. The van der Waals surface area contributed by atoms with E-state index in [2.05, 4.69) is 10.3 Å². The van der Waals surface area contributed by atoms with Gasteiger partial charge in [-0.15, -0.1) is 11.3 Å². The third kappa shape index (κ3) is 3.72. The van der Waals surface area contributed by atoms with E-state index in [0.29, 0.717) is 0 Å². The molecule has 1 aliphatic heterocycles. The minimum Gasteiger partial charge on any atom is -0.381 e. The van der Waals surface area contributed by atoms with Crippen molar-refractivity contribution in [3.8, 4) is 0 Å². The van der Waals surface area contributed by atoms with E-state index in [-0.39, 0.29) is 0 Å². The van der Waals surface area contributed by atoms with Gasteiger partial charge in [0.15, 0.2) is 0 Å². The second kappa shape index (κ2) is 5.80. The van der Waals surface area contributed by atoms with Crippen molar-refractivity contribution in [1.82, 2.24) is 10.3 Å². The van der Waals surface area contributed by atoms with Crippen molar-refractivity contribution < 1.29 is 4.74 Å². The van der Waals surface area contributed by atoms with Crippen molar-refractivity contribution in [3.63, 3.8) is 0 Å². The van der Waals surface area contributed by atoms with Gasteiger partial charge in [-0.3, -0.25) is 0 Å². The summed E-state index contributed by atoms with van der Waals surface area (Å²) in [6.07, 6.45) is 4.05. The molecule has 1 aromatic rings. The van der Waals surface area contributed by atoms with Crippen LogP contribution in [0.2, 0.25) is 4.34 Å². The molecule has 0 atom stereocenters. The van der Waals surface area contributed by atoms with Crippen LogP contribution in [0.15, 0.2) is 6.20 Å². The normalized spacial score (nSPS) is 18.2. The molecule has 0 bridgehead atoms. The van der Waals surface area contributed by atoms with Crippen LogP contribution in [0.4, 0.5) is 0 Å². The SMILES string of the molecule is Clc1cnc(CNCC2CCOCC2)s1. The van der Waals surface area contributed by atoms with Gasteiger partial charge in [-0.1, -0.05) is 11.6 Å². The Morgan fingerprint density at radius 1 is 1.53 bits per heavy atom. The molecule has 0 unspecified atom stereocenters. The molecule has 1 N–H and O–H groups in total. The monoisotopic (exact) mass is 246 g/mol. The highest BCUT2D eigenvalue weighted by atomic mass is 35.5. The van der Waals surface area contributed by atoms with Crippen LogP contribution in [0.1, 0.15) is 17.8 Å². The van der Waals surface area contributed by atoms with E-state index in [1.165, 1.54) is 12.8 Å². The number of nitrogens with zero attached hydrogens (tertiary/aromatic N) is 1. The second-order valence-corrected chi connectivity index (χ2v) is 5.49. The van der Waals surface area contributed by atoms with Gasteiger partial charge in [0.25, 0.3) is 0 Å². The van der Waals surface area contributed by atoms with Gasteiger partial charge in [0, 0.05) is 19.8 Å². The van der Waals surface area contributed by atoms with Crippen LogP contribution in [0.25, 0.3) is 0 Å². The Bertz CT molecular complexity index is 299. The molecule has 0 aliphatic carbocycles. The van der Waals surface area contributed by atoms with Gasteiger partial charge in [0.1, 0.15) is 9.34 Å². The van der Waals surface area contributed by atoms with Crippen molar-refractivity contribution in [2.75, 3.05) is 19.8 Å². The van der Waals surface area contributed by atoms with Crippen LogP contribution < -0.4 is 5.32 Å². The first kappa shape index (κ1) is 11.3. The number of ether oxygens (including phenoxy) is 1. The highest BCUT2D eigenvalue weighted by molar-refractivity contribution is 7.15. The lowest BCUT2D eigenvalue weighted by atomic mass is 10.0. The summed E-state index contributed by atoms with van der Waals surface area (Å²) in [5.74, 6) is 0.759. The van der Waals surface area contributed by atoms with Gasteiger partial charge >= 0.3 is 0 Å². The Balaban J connectivity index is 1.65. The summed E-state index contributed by atoms with van der Waals surface area (Å²) in [5.41, 5.74) is 0. The molecule has 1 aromatic heterocycles. The molecular weight excluding hydrogens is 232 g/mol. The maximum Gasteiger partial charge on any atom is 0.113 e. The Morgan fingerprint density at radius 2 is 2.33 bits per heavy atom. The number of nitrogens with one attached hydrogen (secondary N) is 1. The average Bonchev–Trinajstić information content (AvgIpc) is 2.66. The molecule has 0 amide bonds. The van der Waals surface area contributed by atoms with Crippen LogP contribution in [0.3, 0.4) is 0 Å². The van der Waals surface area contributed by atoms with Gasteiger partial charge in [-0.25, -0.2) is 4.98 Å². The number of halogens is 1. The summed E-state index contributed by atoms with van der Waals surface area (Å²) in [4.78, 5) is 4.20. The van der Waals surface area contributed by atoms with Crippen LogP contribution in [0.5, 0.6) is 0 Å². The third-order valence-electron chi connectivity index (χ3n) is 2.58. The Kier molecular flexibility index (Phi) is 4.38. The van der Waals surface area contributed by atoms with E-state index in [1.807, 2.05) is 0 Å². The van der Waals surface area contributed by atoms with E-state index in [9.17, 15) is 0 Å². The van der Waals surface area contributed by atoms with Gasteiger partial charge < -0.3 is 10.1 Å². The fraction of sp³-hybridized carbons (Fsp3) is 0.700. The minimum absolute atomic E-state index is 0.759. The predicted molar refractivity (Wildman–Crippen MR) is 62.4 cm³/mol. The molecule has 0 aromatic carbocycles. The maximum absolute atomic E-state index is 5.80. The molecule has 15 heavy (non-hydrogen) atoms. The first-order chi connectivity index (χ1) is 7.34. The lowest BCUT2D eigenvalue weighted by molar-refractivity contribution is 0.0662. The number of hydrogen-bond donors (Lipinski definition) is 1. The van der Waals surface area contributed by atoms with Crippen LogP contribution in [-0.4, -0.2) is 24.7 Å². The Morgan fingerprint density at radius 3 is 3.00 bits per heavy atom. The molecule has 84 valence electrons. The fourth-order valence-corrected chi connectivity index (χ4v) is 2.63. The topological polar surface area (TPSA) is 34.2 Å². The average molecular weight is 247 g/mol. The summed E-state index contributed by atoms with van der Waals surface area (Å²) < 4.78 is 6.07. The molecule has 1 saturated heterocycles. The summed E-state index contributed by atoms with van der Waals surface area (Å²) in [7, 11) is 0. The lowest BCUT2D eigenvalue weighted by Crippen LogP contribution is -2.27. The van der Waals surface area contributed by atoms with Gasteiger partial charge in [-0.2, -0.15) is 0 Å². The number of aromatic nitrogens is 1. The van der Waals surface area contributed by atoms with Crippen molar-refractivity contribution in [3.05, 3.63) is 15.5 Å². The number of hydrogen-bond acceptors (Lipinski definition) is 4. The highest BCUT2D eigenvalue weighted by Crippen LogP contribution is 2.18. The Hall–Kier alpha value is -0.160. The third-order valence-corrected chi connectivity index (χ3v) is 3.69. The summed E-state index contributed by atoms with van der Waals surface area (Å²) in [6.45, 7) is 3.71. The molecule has 2 rings (SSSR count). The van der Waals surface area contributed by atoms with E-state index < -0.39 is 0 Å². The van der Waals surface area contributed by atoms with Crippen LogP contribution in [0, 0.1) is 5.92 Å². The van der Waals surface area contributed by atoms with Gasteiger partial charge in [0.05, 0.1) is 6.20 Å². The summed E-state index contributed by atoms with van der Waals surface area (Å²) >= 11 is 7.34. The second-order valence-electron chi connectivity index (χ2n) is 3.74. The first-order valence-corrected chi connectivity index (χ1v) is 6.42. The number of thiazole rings is 1.